The number of carbonyl (C=O) groups is 1. The number of hydrogen-bond acceptors (Lipinski definition) is 4. The van der Waals surface area contributed by atoms with E-state index in [0.717, 1.165) is 18.5 Å². The Balaban J connectivity index is 2.19. The molecule has 2 rings (SSSR count). The number of aliphatic hydroxyl groups is 2. The predicted octanol–water partition coefficient (Wildman–Crippen LogP) is 0.123. The highest BCUT2D eigenvalue weighted by atomic mass is 16.3. The van der Waals surface area contributed by atoms with Crippen molar-refractivity contribution in [2.24, 2.45) is 0 Å². The van der Waals surface area contributed by atoms with Crippen LogP contribution in [0.2, 0.25) is 0 Å². The summed E-state index contributed by atoms with van der Waals surface area (Å²) in [7, 11) is 0. The Kier molecular flexibility index (Phi) is 4.75. The van der Waals surface area contributed by atoms with Crippen LogP contribution in [0.15, 0.2) is 24.3 Å². The van der Waals surface area contributed by atoms with Gasteiger partial charge in [0.1, 0.15) is 6.04 Å². The monoisotopic (exact) mass is 278 g/mol. The second-order valence-corrected chi connectivity index (χ2v) is 5.28. The summed E-state index contributed by atoms with van der Waals surface area (Å²) < 4.78 is 0. The predicted molar refractivity (Wildman–Crippen MR) is 76.2 cm³/mol. The number of hydrogen-bond donors (Lipinski definition) is 4. The minimum atomic E-state index is -0.953. The second kappa shape index (κ2) is 6.35. The molecule has 0 fully saturated rings. The molecule has 1 atom stereocenters. The minimum Gasteiger partial charge on any atom is -0.394 e. The molecule has 0 bridgehead atoms. The first-order valence-corrected chi connectivity index (χ1v) is 7.00. The van der Waals surface area contributed by atoms with E-state index < -0.39 is 11.6 Å². The molecule has 5 heteroatoms. The van der Waals surface area contributed by atoms with Gasteiger partial charge in [-0.2, -0.15) is 0 Å². The van der Waals surface area contributed by atoms with Gasteiger partial charge in [-0.3, -0.25) is 4.79 Å². The van der Waals surface area contributed by atoms with Gasteiger partial charge in [0.05, 0.1) is 18.8 Å². The molecule has 4 N–H and O–H groups in total. The lowest BCUT2D eigenvalue weighted by Gasteiger charge is -2.33. The molecule has 0 radical (unpaired) electrons. The summed E-state index contributed by atoms with van der Waals surface area (Å²) in [5.41, 5.74) is 1.18. The number of rotatable bonds is 5. The van der Waals surface area contributed by atoms with E-state index in [1.165, 1.54) is 5.56 Å². The zero-order valence-electron chi connectivity index (χ0n) is 11.7. The molecular formula is C15H22N2O3. The van der Waals surface area contributed by atoms with Crippen LogP contribution in [-0.4, -0.2) is 41.4 Å². The highest BCUT2D eigenvalue weighted by Crippen LogP contribution is 2.23. The number of nitrogens with one attached hydrogen (secondary N) is 2. The van der Waals surface area contributed by atoms with Crippen molar-refractivity contribution in [3.05, 3.63) is 35.4 Å². The smallest absolute Gasteiger partial charge is 0.242 e. The largest absolute Gasteiger partial charge is 0.394 e. The van der Waals surface area contributed by atoms with Gasteiger partial charge in [0.25, 0.3) is 0 Å². The fourth-order valence-corrected chi connectivity index (χ4v) is 2.51. The van der Waals surface area contributed by atoms with Gasteiger partial charge in [-0.1, -0.05) is 31.2 Å². The quantitative estimate of drug-likeness (QED) is 0.617. The number of aliphatic hydroxyl groups excluding tert-OH is 2. The van der Waals surface area contributed by atoms with Gasteiger partial charge in [-0.15, -0.1) is 0 Å². The molecule has 110 valence electrons. The Morgan fingerprint density at radius 3 is 2.75 bits per heavy atom. The Bertz CT molecular complexity index is 464. The summed E-state index contributed by atoms with van der Waals surface area (Å²) in [6.07, 6.45) is 1.37. The highest BCUT2D eigenvalue weighted by molar-refractivity contribution is 5.84. The lowest BCUT2D eigenvalue weighted by molar-refractivity contribution is -0.126. The number of carbonyl (C=O) groups excluding carboxylic acids is 1. The molecule has 1 aromatic rings. The number of fused-ring (bicyclic) bond motifs is 1. The third kappa shape index (κ3) is 2.85. The first-order valence-electron chi connectivity index (χ1n) is 7.00. The van der Waals surface area contributed by atoms with Crippen molar-refractivity contribution in [3.8, 4) is 0 Å². The third-order valence-corrected chi connectivity index (χ3v) is 4.04. The Morgan fingerprint density at radius 1 is 1.40 bits per heavy atom. The fraction of sp³-hybridized carbons (Fsp3) is 0.533. The highest BCUT2D eigenvalue weighted by Gasteiger charge is 2.33. The molecule has 1 aromatic carbocycles. The maximum absolute atomic E-state index is 12.5. The standard InChI is InChI=1S/C15H22N2O3/c1-2-15(9-18,10-19)17-14(20)13-12-6-4-3-5-11(12)7-8-16-13/h3-6,13,16,18-19H,2,7-10H2,1H3,(H,17,20). The molecule has 0 aliphatic carbocycles. The van der Waals surface area contributed by atoms with E-state index in [1.807, 2.05) is 31.2 Å². The minimum absolute atomic E-state index is 0.206. The van der Waals surface area contributed by atoms with Crippen LogP contribution >= 0.6 is 0 Å². The molecule has 1 aliphatic rings. The van der Waals surface area contributed by atoms with Gasteiger partial charge in [0, 0.05) is 6.54 Å². The molecule has 1 unspecified atom stereocenters. The van der Waals surface area contributed by atoms with E-state index in [4.69, 9.17) is 0 Å². The van der Waals surface area contributed by atoms with Crippen molar-refractivity contribution in [3.63, 3.8) is 0 Å². The van der Waals surface area contributed by atoms with Gasteiger partial charge < -0.3 is 20.8 Å². The lowest BCUT2D eigenvalue weighted by Crippen LogP contribution is -2.56. The van der Waals surface area contributed by atoms with Gasteiger partial charge >= 0.3 is 0 Å². The fourth-order valence-electron chi connectivity index (χ4n) is 2.51. The maximum Gasteiger partial charge on any atom is 0.242 e. The molecular weight excluding hydrogens is 256 g/mol. The zero-order valence-corrected chi connectivity index (χ0v) is 11.7. The Labute approximate surface area is 119 Å². The average Bonchev–Trinajstić information content (AvgIpc) is 2.52. The molecule has 5 nitrogen and oxygen atoms in total. The maximum atomic E-state index is 12.5. The van der Waals surface area contributed by atoms with E-state index >= 15 is 0 Å². The van der Waals surface area contributed by atoms with Crippen LogP contribution in [0.3, 0.4) is 0 Å². The van der Waals surface area contributed by atoms with E-state index in [2.05, 4.69) is 10.6 Å². The molecule has 1 amide bonds. The van der Waals surface area contributed by atoms with E-state index in [-0.39, 0.29) is 19.1 Å². The van der Waals surface area contributed by atoms with Crippen LogP contribution in [-0.2, 0) is 11.2 Å². The van der Waals surface area contributed by atoms with Crippen LogP contribution in [0.5, 0.6) is 0 Å². The van der Waals surface area contributed by atoms with Gasteiger partial charge in [0.15, 0.2) is 0 Å². The SMILES string of the molecule is CCC(CO)(CO)NC(=O)C1NCCc2ccccc21. The molecule has 1 aliphatic heterocycles. The zero-order chi connectivity index (χ0) is 14.6. The molecule has 0 aromatic heterocycles. The van der Waals surface area contributed by atoms with Crippen molar-refractivity contribution in [2.45, 2.75) is 31.3 Å². The number of amides is 1. The summed E-state index contributed by atoms with van der Waals surface area (Å²) >= 11 is 0. The molecule has 20 heavy (non-hydrogen) atoms. The topological polar surface area (TPSA) is 81.6 Å². The summed E-state index contributed by atoms with van der Waals surface area (Å²) in [5.74, 6) is -0.206. The molecule has 0 spiro atoms. The summed E-state index contributed by atoms with van der Waals surface area (Å²) in [6.45, 7) is 2.02. The first-order chi connectivity index (χ1) is 9.65. The van der Waals surface area contributed by atoms with Gasteiger partial charge in [0.2, 0.25) is 5.91 Å². The van der Waals surface area contributed by atoms with Crippen molar-refractivity contribution in [1.82, 2.24) is 10.6 Å². The number of benzene rings is 1. The molecule has 0 saturated heterocycles. The first kappa shape index (κ1) is 15.0. The summed E-state index contributed by atoms with van der Waals surface area (Å²) in [5, 5.41) is 24.8. The lowest BCUT2D eigenvalue weighted by atomic mass is 9.92. The van der Waals surface area contributed by atoms with E-state index in [1.54, 1.807) is 0 Å². The van der Waals surface area contributed by atoms with Crippen LogP contribution in [0.1, 0.15) is 30.5 Å². The Morgan fingerprint density at radius 2 is 2.10 bits per heavy atom. The van der Waals surface area contributed by atoms with E-state index in [9.17, 15) is 15.0 Å². The van der Waals surface area contributed by atoms with Crippen LogP contribution in [0.25, 0.3) is 0 Å². The normalized spacial score (nSPS) is 18.4. The van der Waals surface area contributed by atoms with Gasteiger partial charge in [-0.05, 0) is 24.0 Å². The molecule has 1 heterocycles. The van der Waals surface area contributed by atoms with Crippen molar-refractivity contribution >= 4 is 5.91 Å². The van der Waals surface area contributed by atoms with Gasteiger partial charge in [-0.25, -0.2) is 0 Å². The molecule has 0 saturated carbocycles. The van der Waals surface area contributed by atoms with Crippen LogP contribution in [0.4, 0.5) is 0 Å². The van der Waals surface area contributed by atoms with Crippen LogP contribution in [0, 0.1) is 0 Å². The average molecular weight is 278 g/mol. The van der Waals surface area contributed by atoms with Crippen LogP contribution < -0.4 is 10.6 Å². The Hall–Kier alpha value is -1.43. The third-order valence-electron chi connectivity index (χ3n) is 4.04. The summed E-state index contributed by atoms with van der Waals surface area (Å²) in [4.78, 5) is 12.5. The van der Waals surface area contributed by atoms with E-state index in [0.29, 0.717) is 6.42 Å². The summed E-state index contributed by atoms with van der Waals surface area (Å²) in [6, 6.07) is 7.43. The van der Waals surface area contributed by atoms with Crippen molar-refractivity contribution in [1.29, 1.82) is 0 Å². The second-order valence-electron chi connectivity index (χ2n) is 5.28. The van der Waals surface area contributed by atoms with Crippen molar-refractivity contribution < 1.29 is 15.0 Å². The van der Waals surface area contributed by atoms with Crippen molar-refractivity contribution in [2.75, 3.05) is 19.8 Å².